The van der Waals surface area contributed by atoms with Gasteiger partial charge in [-0.05, 0) is 56.9 Å². The molecular weight excluding hydrogens is 938 g/mol. The van der Waals surface area contributed by atoms with Gasteiger partial charge < -0.3 is 61.1 Å². The summed E-state index contributed by atoms with van der Waals surface area (Å²) in [5.74, 6) is -4.96. The molecule has 0 bridgehead atoms. The Bertz CT molecular complexity index is 2240. The largest absolute Gasteiger partial charge is 0.469 e. The number of thiazole rings is 1. The normalized spacial score (nSPS) is 16.1. The molecule has 1 aliphatic heterocycles. The number of benzene rings is 1. The number of primary amides is 1. The van der Waals surface area contributed by atoms with E-state index in [-0.39, 0.29) is 24.7 Å². The van der Waals surface area contributed by atoms with Crippen molar-refractivity contribution < 1.29 is 57.6 Å². The van der Waals surface area contributed by atoms with Crippen molar-refractivity contribution in [1.82, 2.24) is 40.7 Å². The highest BCUT2D eigenvalue weighted by Gasteiger charge is 2.37. The third kappa shape index (κ3) is 18.6. The molecule has 0 spiro atoms. The lowest BCUT2D eigenvalue weighted by Gasteiger charge is -2.28. The van der Waals surface area contributed by atoms with Gasteiger partial charge in [-0.3, -0.25) is 33.3 Å². The van der Waals surface area contributed by atoms with Crippen molar-refractivity contribution in [3.63, 3.8) is 0 Å². The number of hydrogen-bond donors (Lipinski definition) is 8. The number of likely N-dealkylation sites (tertiary alicyclic amines) is 1. The monoisotopic (exact) mass is 1000 g/mol. The van der Waals surface area contributed by atoms with Gasteiger partial charge in [0.2, 0.25) is 35.4 Å². The minimum atomic E-state index is -5.13. The Morgan fingerprint density at radius 3 is 2.32 bits per heavy atom. The molecule has 69 heavy (non-hydrogen) atoms. The Morgan fingerprint density at radius 1 is 0.971 bits per heavy atom. The number of rotatable bonds is 29. The number of aryl methyl sites for hydroxylation is 1. The molecule has 6 amide bonds. The van der Waals surface area contributed by atoms with Gasteiger partial charge in [-0.15, -0.1) is 0 Å². The number of aliphatic hydroxyl groups excluding tert-OH is 1. The molecule has 4 rings (SSSR count). The molecule has 0 unspecified atom stereocenters. The highest BCUT2D eigenvalue weighted by atomic mass is 32.1. The minimum Gasteiger partial charge on any atom is -0.396 e. The fourth-order valence-electron chi connectivity index (χ4n) is 7.60. The van der Waals surface area contributed by atoms with Crippen LogP contribution in [0.2, 0.25) is 0 Å². The van der Waals surface area contributed by atoms with Gasteiger partial charge in [-0.2, -0.15) is 0 Å². The Morgan fingerprint density at radius 2 is 1.65 bits per heavy atom. The van der Waals surface area contributed by atoms with E-state index in [9.17, 15) is 48.2 Å². The van der Waals surface area contributed by atoms with Crippen LogP contribution in [0.3, 0.4) is 0 Å². The maximum Gasteiger partial charge on any atom is 0.469 e. The van der Waals surface area contributed by atoms with Crippen LogP contribution in [0.4, 0.5) is 5.13 Å². The van der Waals surface area contributed by atoms with Crippen molar-refractivity contribution in [3.05, 3.63) is 65.2 Å². The number of nitrogens with two attached hydrogens (primary N) is 1. The number of nitrogens with one attached hydrogen (secondary N) is 4. The molecule has 2 aromatic heterocycles. The van der Waals surface area contributed by atoms with Gasteiger partial charge in [0.1, 0.15) is 36.8 Å². The highest BCUT2D eigenvalue weighted by molar-refractivity contribution is 7.46. The first-order valence-electron chi connectivity index (χ1n) is 22.7. The number of amides is 6. The maximum atomic E-state index is 14.1. The number of phosphoric ester groups is 1. The number of imidazole rings is 1. The van der Waals surface area contributed by atoms with E-state index in [1.807, 2.05) is 43.7 Å². The first-order valence-corrected chi connectivity index (χ1v) is 25.1. The number of unbranched alkanes of at least 4 members (excludes halogenated alkanes) is 3. The van der Waals surface area contributed by atoms with Crippen LogP contribution >= 0.6 is 19.2 Å². The fraction of sp³-hybridized carbons (Fsp3) is 0.568. The van der Waals surface area contributed by atoms with Crippen LogP contribution in [0.5, 0.6) is 0 Å². The highest BCUT2D eigenvalue weighted by Crippen LogP contribution is 2.38. The fourth-order valence-corrected chi connectivity index (χ4v) is 8.89. The molecule has 380 valence electrons. The third-order valence-electron chi connectivity index (χ3n) is 11.1. The average Bonchev–Trinajstić information content (AvgIpc) is 4.08. The quantitative estimate of drug-likeness (QED) is 0.0209. The molecule has 6 atom stereocenters. The topological polar surface area (TPSA) is 322 Å². The lowest BCUT2D eigenvalue weighted by molar-refractivity contribution is -0.139. The lowest BCUT2D eigenvalue weighted by atomic mass is 10.0. The number of aromatic nitrogens is 3. The zero-order chi connectivity index (χ0) is 50.7. The van der Waals surface area contributed by atoms with Crippen molar-refractivity contribution in [3.8, 4) is 0 Å². The van der Waals surface area contributed by atoms with Gasteiger partial charge >= 0.3 is 7.82 Å². The van der Waals surface area contributed by atoms with E-state index in [4.69, 9.17) is 10.6 Å². The number of carbonyl (C=O) groups is 6. The van der Waals surface area contributed by atoms with Gasteiger partial charge in [0.25, 0.3) is 0 Å². The summed E-state index contributed by atoms with van der Waals surface area (Å²) in [6, 6.07) is 3.25. The van der Waals surface area contributed by atoms with Crippen molar-refractivity contribution >= 4 is 65.9 Å². The molecular formula is C44H66N11O12PS. The van der Waals surface area contributed by atoms with Crippen LogP contribution in [-0.2, 0) is 62.2 Å². The Balaban J connectivity index is 1.39. The Hall–Kier alpha value is -5.78. The van der Waals surface area contributed by atoms with Crippen LogP contribution < -0.4 is 31.9 Å². The van der Waals surface area contributed by atoms with E-state index in [1.165, 1.54) is 34.9 Å². The first kappa shape index (κ1) is 55.8. The van der Waals surface area contributed by atoms with Crippen LogP contribution in [0.15, 0.2) is 54.2 Å². The predicted octanol–water partition coefficient (Wildman–Crippen LogP) is 1.10. The number of carbonyl (C=O) groups excluding carboxylic acids is 6. The van der Waals surface area contributed by atoms with Crippen LogP contribution in [0, 0.1) is 5.92 Å². The summed E-state index contributed by atoms with van der Waals surface area (Å²) in [4.78, 5) is 116. The van der Waals surface area contributed by atoms with E-state index < -0.39 is 80.3 Å². The van der Waals surface area contributed by atoms with Crippen LogP contribution in [-0.4, -0.2) is 139 Å². The van der Waals surface area contributed by atoms with Crippen molar-refractivity contribution in [2.75, 3.05) is 31.7 Å². The van der Waals surface area contributed by atoms with Crippen LogP contribution in [0.25, 0.3) is 0 Å². The second kappa shape index (κ2) is 27.4. The van der Waals surface area contributed by atoms with E-state index in [1.54, 1.807) is 18.7 Å². The van der Waals surface area contributed by atoms with Crippen molar-refractivity contribution in [2.45, 2.75) is 128 Å². The van der Waals surface area contributed by atoms with E-state index in [0.717, 1.165) is 49.2 Å². The van der Waals surface area contributed by atoms with Crippen molar-refractivity contribution in [2.24, 2.45) is 16.8 Å². The molecule has 25 heteroatoms. The lowest BCUT2D eigenvalue weighted by Crippen LogP contribution is -2.61. The van der Waals surface area contributed by atoms with E-state index in [0.29, 0.717) is 38.2 Å². The van der Waals surface area contributed by atoms with E-state index >= 15 is 0 Å². The average molecular weight is 1000 g/mol. The molecule has 0 radical (unpaired) electrons. The molecule has 1 fully saturated rings. The second-order valence-corrected chi connectivity index (χ2v) is 19.4. The number of hydrogen-bond acceptors (Lipinski definition) is 15. The van der Waals surface area contributed by atoms with Gasteiger partial charge in [0.15, 0.2) is 5.13 Å². The number of oxime groups is 1. The summed E-state index contributed by atoms with van der Waals surface area (Å²) in [6.45, 7) is 7.15. The van der Waals surface area contributed by atoms with Gasteiger partial charge in [-0.1, -0.05) is 67.1 Å². The molecule has 1 aliphatic rings. The Kier molecular flexibility index (Phi) is 22.2. The number of aliphatic hydroxyl groups is 1. The minimum absolute atomic E-state index is 0.102. The molecule has 1 saturated heterocycles. The summed E-state index contributed by atoms with van der Waals surface area (Å²) in [6.07, 6.45) is 8.99. The zero-order valence-electron chi connectivity index (χ0n) is 39.6. The van der Waals surface area contributed by atoms with Crippen molar-refractivity contribution in [1.29, 1.82) is 0 Å². The molecule has 3 heterocycles. The molecule has 9 N–H and O–H groups in total. The summed E-state index contributed by atoms with van der Waals surface area (Å²) in [5.41, 5.74) is 7.07. The SMILES string of the molecule is CC(=O)N1CCC[C@H]1C(=O)N[C@@H](CC(C)C)C(=O)N[C@@H](Cc1cncn1CCCCCCO/N=C/c1cnc(N(C)Cc2ccccc2)s1)C(=O)N[C@@H](CO)C(=O)N[C@H](C(N)=O)[C@@H](C)OP(=O)(O)O. The molecule has 0 saturated carbocycles. The van der Waals surface area contributed by atoms with E-state index in [2.05, 4.69) is 57.9 Å². The summed E-state index contributed by atoms with van der Waals surface area (Å²) < 4.78 is 17.7. The summed E-state index contributed by atoms with van der Waals surface area (Å²) in [5, 5.41) is 25.1. The third-order valence-corrected chi connectivity index (χ3v) is 12.7. The maximum absolute atomic E-state index is 14.1. The smallest absolute Gasteiger partial charge is 0.396 e. The summed E-state index contributed by atoms with van der Waals surface area (Å²) in [7, 11) is -3.14. The number of anilines is 1. The number of nitrogens with zero attached hydrogens (tertiary/aromatic N) is 6. The van der Waals surface area contributed by atoms with Crippen LogP contribution in [0.1, 0.15) is 88.8 Å². The first-order chi connectivity index (χ1) is 32.8. The van der Waals surface area contributed by atoms with Gasteiger partial charge in [0.05, 0.1) is 30.1 Å². The molecule has 3 aromatic rings. The Labute approximate surface area is 405 Å². The molecule has 0 aliphatic carbocycles. The predicted molar refractivity (Wildman–Crippen MR) is 255 cm³/mol. The summed E-state index contributed by atoms with van der Waals surface area (Å²) >= 11 is 1.51. The zero-order valence-corrected chi connectivity index (χ0v) is 41.3. The standard InChI is InChI=1S/C44H66N11O12PS/c1-28(2)20-34(50-43(62)37-16-13-18-55(37)30(4)57)40(59)49-35(41(60)51-36(26-56)42(61)52-38(39(45)58)29(3)67-68(63,64)65)21-32-22-46-27-54(32)17-11-6-7-12-19-66-48-24-33-23-47-44(69-33)53(5)25-31-14-9-8-10-15-31/h8-10,14-15,22-24,27-29,34-38,56H,6-7,11-13,16-21,25-26H2,1-5H3,(H2,45,58)(H,49,59)(H,50,62)(H,51,60)(H,52,61)(H2,63,64,65)/b48-24+/t29-,34+,35+,36+,37+,38+/m1/s1. The number of phosphoric acid groups is 1. The second-order valence-electron chi connectivity index (χ2n) is 17.2. The molecule has 1 aromatic carbocycles. The van der Waals surface area contributed by atoms with Gasteiger partial charge in [-0.25, -0.2) is 14.5 Å². The van der Waals surface area contributed by atoms with Gasteiger partial charge in [0, 0.05) is 58.1 Å². The molecule has 23 nitrogen and oxygen atoms in total.